The second-order valence-electron chi connectivity index (χ2n) is 6.95. The molecule has 0 unspecified atom stereocenters. The molecule has 3 aromatic rings. The van der Waals surface area contributed by atoms with Crippen molar-refractivity contribution in [1.29, 1.82) is 0 Å². The molecule has 0 spiro atoms. The molecule has 1 atom stereocenters. The van der Waals surface area contributed by atoms with Crippen molar-refractivity contribution in [3.8, 4) is 5.75 Å². The van der Waals surface area contributed by atoms with E-state index in [0.717, 1.165) is 9.87 Å². The minimum Gasteiger partial charge on any atom is -0.497 e. The Labute approximate surface area is 181 Å². The van der Waals surface area contributed by atoms with Gasteiger partial charge in [0.1, 0.15) is 11.6 Å². The molecule has 1 N–H and O–H groups in total. The van der Waals surface area contributed by atoms with Crippen LogP contribution in [0.2, 0.25) is 0 Å². The summed E-state index contributed by atoms with van der Waals surface area (Å²) < 4.78 is 45.2. The van der Waals surface area contributed by atoms with Gasteiger partial charge in [-0.25, -0.2) is 12.8 Å². The molecule has 0 aliphatic rings. The normalized spacial score (nSPS) is 12.1. The molecule has 0 saturated heterocycles. The third-order valence-electron chi connectivity index (χ3n) is 4.91. The van der Waals surface area contributed by atoms with Gasteiger partial charge in [0.05, 0.1) is 23.7 Å². The summed E-state index contributed by atoms with van der Waals surface area (Å²) in [6, 6.07) is 17.9. The molecule has 0 aromatic heterocycles. The van der Waals surface area contributed by atoms with Crippen molar-refractivity contribution in [2.45, 2.75) is 17.9 Å². The van der Waals surface area contributed by atoms with Crippen molar-refractivity contribution < 1.29 is 22.3 Å². The quantitative estimate of drug-likeness (QED) is 0.596. The van der Waals surface area contributed by atoms with Crippen LogP contribution in [0.25, 0.3) is 0 Å². The van der Waals surface area contributed by atoms with Crippen LogP contribution in [0.5, 0.6) is 5.75 Å². The minimum atomic E-state index is -3.82. The third kappa shape index (κ3) is 5.03. The molecule has 0 aliphatic carbocycles. The molecule has 1 amide bonds. The maximum atomic E-state index is 13.1. The summed E-state index contributed by atoms with van der Waals surface area (Å²) in [6.07, 6.45) is 0. The molecule has 3 rings (SSSR count). The zero-order valence-electron chi connectivity index (χ0n) is 17.4. The van der Waals surface area contributed by atoms with Gasteiger partial charge in [-0.1, -0.05) is 18.2 Å². The van der Waals surface area contributed by atoms with Gasteiger partial charge in [0.2, 0.25) is 0 Å². The van der Waals surface area contributed by atoms with Crippen molar-refractivity contribution >= 4 is 21.6 Å². The van der Waals surface area contributed by atoms with Gasteiger partial charge in [-0.3, -0.25) is 9.10 Å². The summed E-state index contributed by atoms with van der Waals surface area (Å²) in [5.41, 5.74) is 1.41. The van der Waals surface area contributed by atoms with Crippen LogP contribution in [0.15, 0.2) is 77.7 Å². The van der Waals surface area contributed by atoms with E-state index in [4.69, 9.17) is 4.74 Å². The van der Waals surface area contributed by atoms with Gasteiger partial charge in [-0.2, -0.15) is 0 Å². The SMILES string of the molecule is COc1ccc(S(=O)(=O)N(C)c2cccc(C(=O)N[C@@H](C)c3ccc(F)cc3)c2)cc1. The Morgan fingerprint density at radius 1 is 1.03 bits per heavy atom. The number of nitrogens with one attached hydrogen (secondary N) is 1. The highest BCUT2D eigenvalue weighted by atomic mass is 32.2. The molecule has 0 radical (unpaired) electrons. The number of halogens is 1. The highest BCUT2D eigenvalue weighted by Gasteiger charge is 2.22. The Hall–Kier alpha value is -3.39. The van der Waals surface area contributed by atoms with Gasteiger partial charge in [0.25, 0.3) is 15.9 Å². The Balaban J connectivity index is 1.79. The van der Waals surface area contributed by atoms with Crippen LogP contribution in [0.4, 0.5) is 10.1 Å². The number of sulfonamides is 1. The number of amides is 1. The summed E-state index contributed by atoms with van der Waals surface area (Å²) in [5.74, 6) is -0.166. The van der Waals surface area contributed by atoms with Crippen LogP contribution >= 0.6 is 0 Å². The number of benzene rings is 3. The van der Waals surface area contributed by atoms with E-state index in [1.807, 2.05) is 0 Å². The fourth-order valence-electron chi connectivity index (χ4n) is 3.00. The Kier molecular flexibility index (Phi) is 6.60. The molecule has 162 valence electrons. The lowest BCUT2D eigenvalue weighted by atomic mass is 10.1. The summed E-state index contributed by atoms with van der Waals surface area (Å²) in [5, 5.41) is 2.84. The fourth-order valence-corrected chi connectivity index (χ4v) is 4.19. The molecular formula is C23H23FN2O4S. The van der Waals surface area contributed by atoms with E-state index in [0.29, 0.717) is 17.0 Å². The van der Waals surface area contributed by atoms with Gasteiger partial charge in [0.15, 0.2) is 0 Å². The molecule has 6 nitrogen and oxygen atoms in total. The van der Waals surface area contributed by atoms with E-state index in [-0.39, 0.29) is 22.7 Å². The number of ether oxygens (including phenoxy) is 1. The van der Waals surface area contributed by atoms with E-state index in [1.165, 1.54) is 44.5 Å². The minimum absolute atomic E-state index is 0.107. The number of anilines is 1. The number of carbonyl (C=O) groups excluding carboxylic acids is 1. The fraction of sp³-hybridized carbons (Fsp3) is 0.174. The smallest absolute Gasteiger partial charge is 0.264 e. The maximum absolute atomic E-state index is 13.1. The molecule has 8 heteroatoms. The van der Waals surface area contributed by atoms with E-state index in [2.05, 4.69) is 5.32 Å². The van der Waals surface area contributed by atoms with Gasteiger partial charge in [-0.05, 0) is 67.1 Å². The summed E-state index contributed by atoms with van der Waals surface area (Å²) in [4.78, 5) is 12.8. The lowest BCUT2D eigenvalue weighted by Gasteiger charge is -2.21. The van der Waals surface area contributed by atoms with Gasteiger partial charge < -0.3 is 10.1 Å². The molecule has 3 aromatic carbocycles. The number of hydrogen-bond donors (Lipinski definition) is 1. The zero-order chi connectivity index (χ0) is 22.6. The summed E-state index contributed by atoms with van der Waals surface area (Å²) >= 11 is 0. The van der Waals surface area contributed by atoms with Crippen LogP contribution in [0.1, 0.15) is 28.9 Å². The van der Waals surface area contributed by atoms with Crippen LogP contribution in [-0.4, -0.2) is 28.5 Å². The average molecular weight is 443 g/mol. The average Bonchev–Trinajstić information content (AvgIpc) is 2.79. The van der Waals surface area contributed by atoms with Crippen molar-refractivity contribution in [2.75, 3.05) is 18.5 Å². The van der Waals surface area contributed by atoms with Crippen LogP contribution in [0.3, 0.4) is 0 Å². The molecular weight excluding hydrogens is 419 g/mol. The first-order valence-electron chi connectivity index (χ1n) is 9.52. The highest BCUT2D eigenvalue weighted by Crippen LogP contribution is 2.25. The zero-order valence-corrected chi connectivity index (χ0v) is 18.2. The molecule has 31 heavy (non-hydrogen) atoms. The molecule has 0 bridgehead atoms. The number of rotatable bonds is 7. The molecule has 0 heterocycles. The summed E-state index contributed by atoms with van der Waals surface area (Å²) in [7, 11) is -0.888. The largest absolute Gasteiger partial charge is 0.497 e. The van der Waals surface area contributed by atoms with Crippen LogP contribution in [-0.2, 0) is 10.0 Å². The van der Waals surface area contributed by atoms with E-state index < -0.39 is 10.0 Å². The van der Waals surface area contributed by atoms with Crippen LogP contribution < -0.4 is 14.4 Å². The predicted octanol–water partition coefficient (Wildman–Crippen LogP) is 4.15. The standard InChI is InChI=1S/C23H23FN2O4S/c1-16(17-7-9-19(24)10-8-17)25-23(27)18-5-4-6-20(15-18)26(2)31(28,29)22-13-11-21(30-3)12-14-22/h4-16H,1-3H3,(H,25,27)/t16-/m0/s1. The van der Waals surface area contributed by atoms with Gasteiger partial charge in [0, 0.05) is 12.6 Å². The number of carbonyl (C=O) groups is 1. The van der Waals surface area contributed by atoms with E-state index in [1.54, 1.807) is 49.4 Å². The lowest BCUT2D eigenvalue weighted by Crippen LogP contribution is -2.28. The first kappa shape index (κ1) is 22.3. The molecule has 0 saturated carbocycles. The highest BCUT2D eigenvalue weighted by molar-refractivity contribution is 7.92. The number of methoxy groups -OCH3 is 1. The van der Waals surface area contributed by atoms with E-state index in [9.17, 15) is 17.6 Å². The topological polar surface area (TPSA) is 75.7 Å². The van der Waals surface area contributed by atoms with Crippen molar-refractivity contribution in [3.05, 3.63) is 89.7 Å². The van der Waals surface area contributed by atoms with Crippen molar-refractivity contribution in [1.82, 2.24) is 5.32 Å². The second kappa shape index (κ2) is 9.18. The Morgan fingerprint density at radius 2 is 1.68 bits per heavy atom. The van der Waals surface area contributed by atoms with Crippen molar-refractivity contribution in [2.24, 2.45) is 0 Å². The summed E-state index contributed by atoms with van der Waals surface area (Å²) in [6.45, 7) is 1.79. The maximum Gasteiger partial charge on any atom is 0.264 e. The first-order valence-corrected chi connectivity index (χ1v) is 11.0. The molecule has 0 fully saturated rings. The first-order chi connectivity index (χ1) is 14.7. The van der Waals surface area contributed by atoms with Crippen molar-refractivity contribution in [3.63, 3.8) is 0 Å². The van der Waals surface area contributed by atoms with Crippen LogP contribution in [0, 0.1) is 5.82 Å². The third-order valence-corrected chi connectivity index (χ3v) is 6.71. The van der Waals surface area contributed by atoms with E-state index >= 15 is 0 Å². The van der Waals surface area contributed by atoms with Gasteiger partial charge in [-0.15, -0.1) is 0 Å². The lowest BCUT2D eigenvalue weighted by molar-refractivity contribution is 0.0940. The number of hydrogen-bond acceptors (Lipinski definition) is 4. The molecule has 0 aliphatic heterocycles. The Bertz CT molecular complexity index is 1160. The van der Waals surface area contributed by atoms with Gasteiger partial charge >= 0.3 is 0 Å². The predicted molar refractivity (Wildman–Crippen MR) is 117 cm³/mol. The second-order valence-corrected chi connectivity index (χ2v) is 8.91. The monoisotopic (exact) mass is 442 g/mol. The Morgan fingerprint density at radius 3 is 2.29 bits per heavy atom. The number of nitrogens with zero attached hydrogens (tertiary/aromatic N) is 1.